The maximum absolute atomic E-state index is 12.3. The summed E-state index contributed by atoms with van der Waals surface area (Å²) in [7, 11) is 0. The molecule has 6 rings (SSSR count). The van der Waals surface area contributed by atoms with Crippen LogP contribution in [0.5, 0.6) is 0 Å². The number of rotatable bonds is 13. The van der Waals surface area contributed by atoms with Crippen LogP contribution < -0.4 is 10.8 Å². The summed E-state index contributed by atoms with van der Waals surface area (Å²) < 4.78 is 15.4. The van der Waals surface area contributed by atoms with E-state index in [9.17, 15) is 14.7 Å². The Hall–Kier alpha value is -4.10. The lowest BCUT2D eigenvalue weighted by Crippen LogP contribution is -2.31. The van der Waals surface area contributed by atoms with E-state index in [4.69, 9.17) is 19.7 Å². The molecule has 2 amide bonds. The van der Waals surface area contributed by atoms with Crippen LogP contribution in [0, 0.1) is 0 Å². The molecule has 1 aliphatic rings. The summed E-state index contributed by atoms with van der Waals surface area (Å²) in [5.41, 5.74) is 8.33. The molecule has 1 aromatic heterocycles. The van der Waals surface area contributed by atoms with E-state index in [0.29, 0.717) is 19.4 Å². The van der Waals surface area contributed by atoms with Crippen LogP contribution in [0.4, 0.5) is 0 Å². The summed E-state index contributed by atoms with van der Waals surface area (Å²) >= 11 is 3.39. The molecule has 1 fully saturated rings. The first-order valence-corrected chi connectivity index (χ1v) is 17.7. The van der Waals surface area contributed by atoms with Crippen molar-refractivity contribution in [2.24, 2.45) is 0 Å². The lowest BCUT2D eigenvalue weighted by Gasteiger charge is -2.36. The summed E-state index contributed by atoms with van der Waals surface area (Å²) in [6.07, 6.45) is 0.467. The van der Waals surface area contributed by atoms with Gasteiger partial charge >= 0.3 is 0 Å². The number of carbonyl (C=O) groups is 2. The van der Waals surface area contributed by atoms with Crippen LogP contribution in [0.1, 0.15) is 60.3 Å². The van der Waals surface area contributed by atoms with E-state index in [1.54, 1.807) is 28.6 Å². The molecular weight excluding hydrogens is 647 g/mol. The Balaban J connectivity index is 1.16. The third kappa shape index (κ3) is 8.87. The molecule has 0 aliphatic carbocycles. The minimum atomic E-state index is -0.586. The van der Waals surface area contributed by atoms with E-state index >= 15 is 0 Å². The van der Waals surface area contributed by atoms with Crippen molar-refractivity contribution in [3.8, 4) is 11.1 Å². The number of fused-ring (bicyclic) bond motifs is 1. The van der Waals surface area contributed by atoms with Gasteiger partial charge in [0.15, 0.2) is 10.6 Å². The Kier molecular flexibility index (Phi) is 11.5. The summed E-state index contributed by atoms with van der Waals surface area (Å²) in [6, 6.07) is 32.2. The highest BCUT2D eigenvalue weighted by Crippen LogP contribution is 2.41. The van der Waals surface area contributed by atoms with Crippen LogP contribution in [-0.4, -0.2) is 39.0 Å². The van der Waals surface area contributed by atoms with Crippen molar-refractivity contribution in [2.75, 3.05) is 5.75 Å². The van der Waals surface area contributed by atoms with Gasteiger partial charge in [-0.2, -0.15) is 0 Å². The van der Waals surface area contributed by atoms with Gasteiger partial charge in [-0.1, -0.05) is 84.6 Å². The topological polar surface area (TPSA) is 130 Å². The molecule has 4 aromatic carbocycles. The molecule has 0 bridgehead atoms. The van der Waals surface area contributed by atoms with Gasteiger partial charge in [-0.25, -0.2) is 10.5 Å². The second kappa shape index (κ2) is 16.3. The highest BCUT2D eigenvalue weighted by Gasteiger charge is 2.32. The molecule has 248 valence electrons. The third-order valence-electron chi connectivity index (χ3n) is 8.12. The van der Waals surface area contributed by atoms with Gasteiger partial charge < -0.3 is 19.9 Å². The number of carbonyl (C=O) groups excluding carboxylic acids is 2. The summed E-state index contributed by atoms with van der Waals surface area (Å²) in [4.78, 5) is 28.2. The molecule has 2 heterocycles. The molecule has 5 aromatic rings. The zero-order valence-electron chi connectivity index (χ0n) is 26.2. The number of ether oxygens (including phenoxy) is 2. The summed E-state index contributed by atoms with van der Waals surface area (Å²) in [6.45, 7) is 0.350. The average molecular weight is 684 g/mol. The molecular formula is C37H37N3O6S2. The number of thiazole rings is 1. The maximum Gasteiger partial charge on any atom is 0.243 e. The zero-order valence-corrected chi connectivity index (χ0v) is 27.8. The molecule has 11 heteroatoms. The van der Waals surface area contributed by atoms with Gasteiger partial charge in [0.2, 0.25) is 11.8 Å². The highest BCUT2D eigenvalue weighted by atomic mass is 32.2. The first-order valence-electron chi connectivity index (χ1n) is 15.9. The van der Waals surface area contributed by atoms with E-state index in [0.717, 1.165) is 49.0 Å². The number of aliphatic hydroxyl groups is 1. The van der Waals surface area contributed by atoms with Crippen LogP contribution in [0.3, 0.4) is 0 Å². The quantitative estimate of drug-likeness (QED) is 0.0589. The zero-order chi connectivity index (χ0) is 33.3. The molecule has 0 spiro atoms. The Morgan fingerprint density at radius 3 is 2.42 bits per heavy atom. The van der Waals surface area contributed by atoms with Crippen molar-refractivity contribution in [1.82, 2.24) is 15.8 Å². The van der Waals surface area contributed by atoms with E-state index in [2.05, 4.69) is 17.4 Å². The first-order chi connectivity index (χ1) is 23.5. The van der Waals surface area contributed by atoms with Crippen molar-refractivity contribution >= 4 is 45.1 Å². The van der Waals surface area contributed by atoms with Gasteiger partial charge in [0.25, 0.3) is 0 Å². The Labute approximate surface area is 287 Å². The van der Waals surface area contributed by atoms with E-state index in [1.807, 2.05) is 84.9 Å². The molecule has 0 saturated carbocycles. The predicted molar refractivity (Wildman–Crippen MR) is 186 cm³/mol. The van der Waals surface area contributed by atoms with Gasteiger partial charge in [-0.3, -0.25) is 14.8 Å². The fraction of sp³-hybridized carbons (Fsp3) is 0.270. The lowest BCUT2D eigenvalue weighted by atomic mass is 9.99. The van der Waals surface area contributed by atoms with Crippen molar-refractivity contribution < 1.29 is 29.4 Å². The molecule has 1 saturated heterocycles. The van der Waals surface area contributed by atoms with Crippen LogP contribution in [0.15, 0.2) is 101 Å². The van der Waals surface area contributed by atoms with Gasteiger partial charge in [0, 0.05) is 37.1 Å². The second-order valence-corrected chi connectivity index (χ2v) is 13.9. The van der Waals surface area contributed by atoms with Gasteiger partial charge in [-0.15, -0.1) is 11.3 Å². The standard InChI is InChI=1S/C37H37N3O6S2/c41-22-24-14-16-26(17-15-24)32-20-30(23-47-37-39-31-10-1-2-11-33(31)48-37)45-36(46-32)29-9-4-8-28(19-29)27-7-3-6-25(18-27)21-38-34(42)12-5-13-35(43)40-44/h1-4,6-11,14-19,30,32,36,41,44H,5,12-13,20-23H2,(H,38,42)(H,40,43). The minimum absolute atomic E-state index is 0.00909. The average Bonchev–Trinajstić information content (AvgIpc) is 3.56. The highest BCUT2D eigenvalue weighted by molar-refractivity contribution is 8.01. The number of nitrogens with one attached hydrogen (secondary N) is 2. The smallest absolute Gasteiger partial charge is 0.243 e. The number of hydrogen-bond donors (Lipinski definition) is 4. The molecule has 0 radical (unpaired) electrons. The Morgan fingerprint density at radius 1 is 0.854 bits per heavy atom. The molecule has 3 unspecified atom stereocenters. The van der Waals surface area contributed by atoms with E-state index in [-0.39, 0.29) is 37.6 Å². The number of thioether (sulfide) groups is 1. The number of benzene rings is 4. The summed E-state index contributed by atoms with van der Waals surface area (Å²) in [5.74, 6) is 0.0662. The van der Waals surface area contributed by atoms with Crippen molar-refractivity contribution in [3.05, 3.63) is 119 Å². The minimum Gasteiger partial charge on any atom is -0.392 e. The molecule has 1 aliphatic heterocycles. The molecule has 4 N–H and O–H groups in total. The molecule has 48 heavy (non-hydrogen) atoms. The third-order valence-corrected chi connectivity index (χ3v) is 10.4. The van der Waals surface area contributed by atoms with Crippen molar-refractivity contribution in [3.63, 3.8) is 0 Å². The van der Waals surface area contributed by atoms with Gasteiger partial charge in [-0.05, 0) is 58.5 Å². The SMILES string of the molecule is O=C(CCCC(=O)NCc1cccc(-c2cccc(C3OC(CSc4nc5ccccc5s4)CC(c4ccc(CO)cc4)O3)c2)c1)NO. The van der Waals surface area contributed by atoms with Crippen LogP contribution in [-0.2, 0) is 32.2 Å². The maximum atomic E-state index is 12.3. The number of nitrogens with zero attached hydrogens (tertiary/aromatic N) is 1. The van der Waals surface area contributed by atoms with E-state index in [1.165, 1.54) is 4.70 Å². The lowest BCUT2D eigenvalue weighted by molar-refractivity contribution is -0.245. The molecule has 9 nitrogen and oxygen atoms in total. The Morgan fingerprint density at radius 2 is 1.62 bits per heavy atom. The predicted octanol–water partition coefficient (Wildman–Crippen LogP) is 7.09. The monoisotopic (exact) mass is 683 g/mol. The fourth-order valence-electron chi connectivity index (χ4n) is 5.58. The van der Waals surface area contributed by atoms with Crippen LogP contribution in [0.25, 0.3) is 21.3 Å². The fourth-order valence-corrected chi connectivity index (χ4v) is 7.69. The number of para-hydroxylation sites is 1. The second-order valence-electron chi connectivity index (χ2n) is 11.6. The largest absolute Gasteiger partial charge is 0.392 e. The number of aromatic nitrogens is 1. The number of hydroxylamine groups is 1. The normalized spacial score (nSPS) is 17.7. The first kappa shape index (κ1) is 33.8. The van der Waals surface area contributed by atoms with Crippen molar-refractivity contribution in [1.29, 1.82) is 0 Å². The number of aliphatic hydroxyl groups excluding tert-OH is 1. The van der Waals surface area contributed by atoms with Crippen LogP contribution in [0.2, 0.25) is 0 Å². The van der Waals surface area contributed by atoms with Gasteiger partial charge in [0.05, 0.1) is 29.0 Å². The number of hydrogen-bond acceptors (Lipinski definition) is 9. The molecule has 3 atom stereocenters. The van der Waals surface area contributed by atoms with Gasteiger partial charge in [0.1, 0.15) is 0 Å². The van der Waals surface area contributed by atoms with Crippen molar-refractivity contribution in [2.45, 2.75) is 61.7 Å². The summed E-state index contributed by atoms with van der Waals surface area (Å²) in [5, 5.41) is 21.1. The number of amides is 2. The van der Waals surface area contributed by atoms with E-state index < -0.39 is 12.2 Å². The van der Waals surface area contributed by atoms with Crippen LogP contribution >= 0.6 is 23.1 Å². The Bertz CT molecular complexity index is 1810.